The summed E-state index contributed by atoms with van der Waals surface area (Å²) in [6, 6.07) is 0.548. The predicted octanol–water partition coefficient (Wildman–Crippen LogP) is 1.32. The van der Waals surface area contributed by atoms with Crippen molar-refractivity contribution in [3.8, 4) is 0 Å². The van der Waals surface area contributed by atoms with Crippen LogP contribution in [-0.2, 0) is 9.53 Å². The lowest BCUT2D eigenvalue weighted by Crippen LogP contribution is -2.44. The van der Waals surface area contributed by atoms with Gasteiger partial charge in [0.1, 0.15) is 6.61 Å². The number of rotatable bonds is 4. The summed E-state index contributed by atoms with van der Waals surface area (Å²) < 4.78 is 4.83. The highest BCUT2D eigenvalue weighted by Gasteiger charge is 2.24. The number of hydrogen-bond donors (Lipinski definition) is 0. The molecule has 1 heterocycles. The van der Waals surface area contributed by atoms with E-state index in [1.165, 1.54) is 12.8 Å². The van der Waals surface area contributed by atoms with Gasteiger partial charge in [-0.15, -0.1) is 0 Å². The summed E-state index contributed by atoms with van der Waals surface area (Å²) in [6.45, 7) is 6.30. The zero-order chi connectivity index (χ0) is 10.6. The monoisotopic (exact) mass is 199 g/mol. The SMILES string of the molecule is COCC(=O)CN1CC(C)CCC1C. The number of methoxy groups -OCH3 is 1. The average molecular weight is 199 g/mol. The molecular weight excluding hydrogens is 178 g/mol. The van der Waals surface area contributed by atoms with Gasteiger partial charge in [-0.2, -0.15) is 0 Å². The minimum absolute atomic E-state index is 0.188. The molecule has 1 aliphatic heterocycles. The number of ketones is 1. The van der Waals surface area contributed by atoms with Crippen LogP contribution in [0.2, 0.25) is 0 Å². The van der Waals surface area contributed by atoms with E-state index in [4.69, 9.17) is 4.74 Å². The molecule has 0 spiro atoms. The van der Waals surface area contributed by atoms with Crippen LogP contribution in [0.25, 0.3) is 0 Å². The molecule has 14 heavy (non-hydrogen) atoms. The quantitative estimate of drug-likeness (QED) is 0.684. The van der Waals surface area contributed by atoms with Crippen molar-refractivity contribution in [1.29, 1.82) is 0 Å². The molecule has 0 bridgehead atoms. The molecule has 3 heteroatoms. The molecule has 2 unspecified atom stereocenters. The normalized spacial score (nSPS) is 29.1. The standard InChI is InChI=1S/C11H21NO2/c1-9-4-5-10(2)12(6-9)7-11(13)8-14-3/h9-10H,4-8H2,1-3H3. The van der Waals surface area contributed by atoms with Crippen molar-refractivity contribution in [1.82, 2.24) is 4.90 Å². The Labute approximate surface area is 86.4 Å². The van der Waals surface area contributed by atoms with Crippen LogP contribution in [0.3, 0.4) is 0 Å². The smallest absolute Gasteiger partial charge is 0.172 e. The van der Waals surface area contributed by atoms with Crippen LogP contribution in [-0.4, -0.2) is 43.5 Å². The molecule has 0 aromatic heterocycles. The second kappa shape index (κ2) is 5.47. The fourth-order valence-corrected chi connectivity index (χ4v) is 2.03. The van der Waals surface area contributed by atoms with Gasteiger partial charge in [-0.05, 0) is 25.7 Å². The van der Waals surface area contributed by atoms with Crippen molar-refractivity contribution in [3.63, 3.8) is 0 Å². The highest BCUT2D eigenvalue weighted by atomic mass is 16.5. The first-order valence-corrected chi connectivity index (χ1v) is 5.38. The number of carbonyl (C=O) groups is 1. The number of hydrogen-bond acceptors (Lipinski definition) is 3. The van der Waals surface area contributed by atoms with E-state index in [1.54, 1.807) is 7.11 Å². The van der Waals surface area contributed by atoms with Crippen LogP contribution in [0.15, 0.2) is 0 Å². The summed E-state index contributed by atoms with van der Waals surface area (Å²) in [4.78, 5) is 13.7. The maximum atomic E-state index is 11.4. The second-order valence-corrected chi connectivity index (χ2v) is 4.43. The second-order valence-electron chi connectivity index (χ2n) is 4.43. The first kappa shape index (κ1) is 11.7. The van der Waals surface area contributed by atoms with Crippen LogP contribution >= 0.6 is 0 Å². The van der Waals surface area contributed by atoms with Gasteiger partial charge in [0, 0.05) is 19.7 Å². The molecule has 82 valence electrons. The topological polar surface area (TPSA) is 29.5 Å². The van der Waals surface area contributed by atoms with Crippen molar-refractivity contribution >= 4 is 5.78 Å². The number of likely N-dealkylation sites (tertiary alicyclic amines) is 1. The van der Waals surface area contributed by atoms with Crippen molar-refractivity contribution < 1.29 is 9.53 Å². The van der Waals surface area contributed by atoms with Gasteiger partial charge in [-0.1, -0.05) is 6.92 Å². The molecule has 1 saturated heterocycles. The Bertz CT molecular complexity index is 194. The van der Waals surface area contributed by atoms with E-state index in [-0.39, 0.29) is 12.4 Å². The number of carbonyl (C=O) groups excluding carboxylic acids is 1. The van der Waals surface area contributed by atoms with E-state index in [9.17, 15) is 4.79 Å². The van der Waals surface area contributed by atoms with E-state index >= 15 is 0 Å². The van der Waals surface area contributed by atoms with Crippen LogP contribution in [0, 0.1) is 5.92 Å². The zero-order valence-corrected chi connectivity index (χ0v) is 9.45. The van der Waals surface area contributed by atoms with Gasteiger partial charge in [-0.25, -0.2) is 0 Å². The third kappa shape index (κ3) is 3.39. The summed E-state index contributed by atoms with van der Waals surface area (Å²) in [7, 11) is 1.57. The Balaban J connectivity index is 2.37. The van der Waals surface area contributed by atoms with Gasteiger partial charge in [-0.3, -0.25) is 9.69 Å². The molecule has 1 rings (SSSR count). The Morgan fingerprint density at radius 2 is 2.14 bits per heavy atom. The highest BCUT2D eigenvalue weighted by Crippen LogP contribution is 2.20. The van der Waals surface area contributed by atoms with E-state index in [0.717, 1.165) is 12.5 Å². The molecular formula is C11H21NO2. The van der Waals surface area contributed by atoms with Gasteiger partial charge >= 0.3 is 0 Å². The van der Waals surface area contributed by atoms with Crippen LogP contribution in [0.1, 0.15) is 26.7 Å². The summed E-state index contributed by atoms with van der Waals surface area (Å²) in [5.74, 6) is 0.912. The molecule has 0 saturated carbocycles. The van der Waals surface area contributed by atoms with E-state index in [2.05, 4.69) is 18.7 Å². The van der Waals surface area contributed by atoms with Crippen LogP contribution in [0.5, 0.6) is 0 Å². The maximum Gasteiger partial charge on any atom is 0.172 e. The van der Waals surface area contributed by atoms with Gasteiger partial charge < -0.3 is 4.74 Å². The predicted molar refractivity (Wildman–Crippen MR) is 56.3 cm³/mol. The van der Waals surface area contributed by atoms with Crippen molar-refractivity contribution in [2.24, 2.45) is 5.92 Å². The largest absolute Gasteiger partial charge is 0.377 e. The van der Waals surface area contributed by atoms with Gasteiger partial charge in [0.05, 0.1) is 6.54 Å². The number of piperidine rings is 1. The van der Waals surface area contributed by atoms with Gasteiger partial charge in [0.25, 0.3) is 0 Å². The minimum atomic E-state index is 0.188. The molecule has 0 radical (unpaired) electrons. The minimum Gasteiger partial charge on any atom is -0.377 e. The lowest BCUT2D eigenvalue weighted by Gasteiger charge is -2.36. The van der Waals surface area contributed by atoms with Crippen LogP contribution < -0.4 is 0 Å². The number of nitrogens with zero attached hydrogens (tertiary/aromatic N) is 1. The van der Waals surface area contributed by atoms with Gasteiger partial charge in [0.2, 0.25) is 0 Å². The van der Waals surface area contributed by atoms with Crippen molar-refractivity contribution in [2.45, 2.75) is 32.7 Å². The Hall–Kier alpha value is -0.410. The third-order valence-electron chi connectivity index (χ3n) is 2.93. The average Bonchev–Trinajstić information content (AvgIpc) is 2.12. The number of Topliss-reactive ketones (excluding diaryl/α,β-unsaturated/α-hetero) is 1. The molecule has 3 nitrogen and oxygen atoms in total. The molecule has 0 aromatic rings. The summed E-state index contributed by atoms with van der Waals surface area (Å²) >= 11 is 0. The summed E-state index contributed by atoms with van der Waals surface area (Å²) in [5.41, 5.74) is 0. The third-order valence-corrected chi connectivity index (χ3v) is 2.93. The fourth-order valence-electron chi connectivity index (χ4n) is 2.03. The highest BCUT2D eigenvalue weighted by molar-refractivity contribution is 5.81. The molecule has 1 fully saturated rings. The lowest BCUT2D eigenvalue weighted by molar-refractivity contribution is -0.124. The van der Waals surface area contributed by atoms with Crippen molar-refractivity contribution in [2.75, 3.05) is 26.8 Å². The van der Waals surface area contributed by atoms with E-state index in [0.29, 0.717) is 12.6 Å². The van der Waals surface area contributed by atoms with E-state index in [1.807, 2.05) is 0 Å². The molecule has 0 amide bonds. The first-order valence-electron chi connectivity index (χ1n) is 5.38. The zero-order valence-electron chi connectivity index (χ0n) is 9.45. The Kier molecular flexibility index (Phi) is 4.55. The maximum absolute atomic E-state index is 11.4. The lowest BCUT2D eigenvalue weighted by atomic mass is 9.95. The molecule has 0 aromatic carbocycles. The number of ether oxygens (including phenoxy) is 1. The summed E-state index contributed by atoms with van der Waals surface area (Å²) in [6.07, 6.45) is 2.50. The van der Waals surface area contributed by atoms with Gasteiger partial charge in [0.15, 0.2) is 5.78 Å². The Morgan fingerprint density at radius 1 is 1.43 bits per heavy atom. The van der Waals surface area contributed by atoms with Crippen LogP contribution in [0.4, 0.5) is 0 Å². The molecule has 1 aliphatic rings. The Morgan fingerprint density at radius 3 is 2.79 bits per heavy atom. The van der Waals surface area contributed by atoms with Crippen molar-refractivity contribution in [3.05, 3.63) is 0 Å². The first-order chi connectivity index (χ1) is 6.63. The van der Waals surface area contributed by atoms with E-state index < -0.39 is 0 Å². The molecule has 0 N–H and O–H groups in total. The summed E-state index contributed by atoms with van der Waals surface area (Å²) in [5, 5.41) is 0. The fraction of sp³-hybridized carbons (Fsp3) is 0.909. The molecule has 0 aliphatic carbocycles. The molecule has 2 atom stereocenters.